The second kappa shape index (κ2) is 8.46. The van der Waals surface area contributed by atoms with Crippen LogP contribution < -0.4 is 10.6 Å². The summed E-state index contributed by atoms with van der Waals surface area (Å²) < 4.78 is 46.2. The van der Waals surface area contributed by atoms with E-state index in [2.05, 4.69) is 15.7 Å². The number of alkyl halides is 1. The van der Waals surface area contributed by atoms with Crippen LogP contribution in [-0.2, 0) is 13.6 Å². The van der Waals surface area contributed by atoms with Crippen LogP contribution in [0.1, 0.15) is 22.3 Å². The summed E-state index contributed by atoms with van der Waals surface area (Å²) in [5.74, 6) is -1.95. The van der Waals surface area contributed by atoms with Crippen molar-refractivity contribution in [3.63, 3.8) is 0 Å². The molecular weight excluding hydrogens is 407 g/mol. The second-order valence-electron chi connectivity index (χ2n) is 7.03. The molecule has 0 radical (unpaired) electrons. The van der Waals surface area contributed by atoms with Gasteiger partial charge in [0.1, 0.15) is 17.8 Å². The third kappa shape index (κ3) is 4.11. The highest BCUT2D eigenvalue weighted by molar-refractivity contribution is 6.07. The fourth-order valence-corrected chi connectivity index (χ4v) is 3.64. The highest BCUT2D eigenvalue weighted by Crippen LogP contribution is 2.28. The third-order valence-electron chi connectivity index (χ3n) is 5.00. The molecule has 1 aliphatic rings. The van der Waals surface area contributed by atoms with Crippen LogP contribution in [-0.4, -0.2) is 45.6 Å². The van der Waals surface area contributed by atoms with E-state index >= 15 is 0 Å². The van der Waals surface area contributed by atoms with Crippen molar-refractivity contribution in [2.45, 2.75) is 25.2 Å². The van der Waals surface area contributed by atoms with E-state index in [1.54, 1.807) is 24.1 Å². The largest absolute Gasteiger partial charge is 0.346 e. The second-order valence-corrected chi connectivity index (χ2v) is 7.03. The molecule has 3 aromatic rings. The number of carbonyl (C=O) groups excluding carboxylic acids is 1. The molecule has 1 amide bonds. The molecule has 29 heavy (non-hydrogen) atoms. The highest BCUT2D eigenvalue weighted by Gasteiger charge is 2.28. The van der Waals surface area contributed by atoms with Crippen LogP contribution in [0.3, 0.4) is 0 Å². The molecule has 0 spiro atoms. The molecule has 2 N–H and O–H groups in total. The maximum atomic E-state index is 14.5. The highest BCUT2D eigenvalue weighted by atomic mass is 35.5. The fourth-order valence-electron chi connectivity index (χ4n) is 3.64. The van der Waals surface area contributed by atoms with Crippen molar-refractivity contribution in [2.24, 2.45) is 7.05 Å². The number of aromatic nitrogens is 3. The molecular formula is C19H21ClF3N5O. The number of aryl methyl sites for hydroxylation is 1. The molecule has 2 atom stereocenters. The third-order valence-corrected chi connectivity index (χ3v) is 5.00. The molecule has 0 bridgehead atoms. The van der Waals surface area contributed by atoms with Gasteiger partial charge >= 0.3 is 0 Å². The van der Waals surface area contributed by atoms with E-state index in [1.807, 2.05) is 0 Å². The quantitative estimate of drug-likeness (QED) is 0.672. The van der Waals surface area contributed by atoms with Crippen molar-refractivity contribution >= 4 is 29.2 Å². The lowest BCUT2D eigenvalue weighted by Crippen LogP contribution is -2.50. The molecule has 0 saturated carbocycles. The van der Waals surface area contributed by atoms with Gasteiger partial charge in [-0.2, -0.15) is 5.10 Å². The Morgan fingerprint density at radius 3 is 2.76 bits per heavy atom. The molecule has 0 unspecified atom stereocenters. The lowest BCUT2D eigenvalue weighted by Gasteiger charge is -2.27. The number of carbonyl (C=O) groups is 1. The Balaban J connectivity index is 0.00000240. The first-order valence-electron chi connectivity index (χ1n) is 9.04. The van der Waals surface area contributed by atoms with Gasteiger partial charge in [-0.1, -0.05) is 0 Å². The fraction of sp³-hybridized carbons (Fsp3) is 0.368. The van der Waals surface area contributed by atoms with Gasteiger partial charge in [-0.15, -0.1) is 12.4 Å². The van der Waals surface area contributed by atoms with Crippen molar-refractivity contribution in [3.05, 3.63) is 53.5 Å². The molecule has 1 aliphatic heterocycles. The molecule has 3 heterocycles. The van der Waals surface area contributed by atoms with Gasteiger partial charge in [0, 0.05) is 31.5 Å². The minimum absolute atomic E-state index is 0. The van der Waals surface area contributed by atoms with E-state index in [1.165, 1.54) is 10.8 Å². The zero-order valence-electron chi connectivity index (χ0n) is 15.7. The van der Waals surface area contributed by atoms with Gasteiger partial charge in [-0.3, -0.25) is 9.48 Å². The van der Waals surface area contributed by atoms with Gasteiger partial charge < -0.3 is 15.2 Å². The summed E-state index contributed by atoms with van der Waals surface area (Å²) in [7, 11) is 1.75. The predicted octanol–water partition coefficient (Wildman–Crippen LogP) is 2.55. The van der Waals surface area contributed by atoms with Crippen LogP contribution in [0.2, 0.25) is 0 Å². The summed E-state index contributed by atoms with van der Waals surface area (Å²) in [5, 5.41) is 9.50. The minimum atomic E-state index is -1.23. The van der Waals surface area contributed by atoms with Crippen molar-refractivity contribution in [2.75, 3.05) is 13.1 Å². The number of piperidine rings is 1. The standard InChI is InChI=1S/C19H20F3N5O.ClH/c1-26-8-11(6-24-26)9-27-10-12(17-13(20)2-3-14(21)18(17)27)19(28)25-16-4-5-23-7-15(16)22;/h2-3,6,8,10,15-16,23H,4-5,7,9H2,1H3,(H,25,28);1H/t15-,16+;/m1./s1. The van der Waals surface area contributed by atoms with Gasteiger partial charge in [0.25, 0.3) is 5.91 Å². The summed E-state index contributed by atoms with van der Waals surface area (Å²) in [5.41, 5.74) is 0.759. The smallest absolute Gasteiger partial charge is 0.253 e. The summed E-state index contributed by atoms with van der Waals surface area (Å²) >= 11 is 0. The number of halogens is 4. The Labute approximate surface area is 171 Å². The molecule has 0 aliphatic carbocycles. The molecule has 4 rings (SSSR count). The van der Waals surface area contributed by atoms with Crippen LogP contribution in [0, 0.1) is 11.6 Å². The summed E-state index contributed by atoms with van der Waals surface area (Å²) in [6.07, 6.45) is 3.98. The predicted molar refractivity (Wildman–Crippen MR) is 105 cm³/mol. The average molecular weight is 428 g/mol. The molecule has 1 fully saturated rings. The maximum absolute atomic E-state index is 14.5. The van der Waals surface area contributed by atoms with Crippen molar-refractivity contribution in [1.29, 1.82) is 0 Å². The number of amides is 1. The number of nitrogens with one attached hydrogen (secondary N) is 2. The summed E-state index contributed by atoms with van der Waals surface area (Å²) in [6.45, 7) is 0.949. The zero-order chi connectivity index (χ0) is 19.8. The topological polar surface area (TPSA) is 63.9 Å². The SMILES string of the molecule is Cl.Cn1cc(Cn2cc(C(=O)N[C@H]3CCNC[C@H]3F)c3c(F)ccc(F)c32)cn1. The molecule has 1 saturated heterocycles. The van der Waals surface area contributed by atoms with Crippen molar-refractivity contribution < 1.29 is 18.0 Å². The minimum Gasteiger partial charge on any atom is -0.346 e. The number of nitrogens with zero attached hydrogens (tertiary/aromatic N) is 3. The van der Waals surface area contributed by atoms with E-state index in [4.69, 9.17) is 0 Å². The normalized spacial score (nSPS) is 19.2. The monoisotopic (exact) mass is 427 g/mol. The van der Waals surface area contributed by atoms with Gasteiger partial charge in [0.2, 0.25) is 0 Å². The Bertz CT molecular complexity index is 1030. The Hall–Kier alpha value is -2.52. The molecule has 2 aromatic heterocycles. The Kier molecular flexibility index (Phi) is 6.18. The Morgan fingerprint density at radius 1 is 1.31 bits per heavy atom. The number of benzene rings is 1. The number of fused-ring (bicyclic) bond motifs is 1. The van der Waals surface area contributed by atoms with E-state index < -0.39 is 29.8 Å². The maximum Gasteiger partial charge on any atom is 0.253 e. The zero-order valence-corrected chi connectivity index (χ0v) is 16.5. The number of hydrogen-bond donors (Lipinski definition) is 2. The van der Waals surface area contributed by atoms with Crippen LogP contribution >= 0.6 is 12.4 Å². The van der Waals surface area contributed by atoms with E-state index in [0.29, 0.717) is 13.0 Å². The molecule has 156 valence electrons. The lowest BCUT2D eigenvalue weighted by atomic mass is 10.0. The van der Waals surface area contributed by atoms with Gasteiger partial charge in [-0.05, 0) is 25.1 Å². The lowest BCUT2D eigenvalue weighted by molar-refractivity contribution is 0.0893. The number of hydrogen-bond acceptors (Lipinski definition) is 3. The van der Waals surface area contributed by atoms with Crippen LogP contribution in [0.25, 0.3) is 10.9 Å². The first kappa shape index (κ1) is 21.2. The van der Waals surface area contributed by atoms with Gasteiger partial charge in [0.05, 0.1) is 35.2 Å². The first-order valence-corrected chi connectivity index (χ1v) is 9.04. The molecule has 10 heteroatoms. The van der Waals surface area contributed by atoms with E-state index in [9.17, 15) is 18.0 Å². The van der Waals surface area contributed by atoms with Gasteiger partial charge in [-0.25, -0.2) is 13.2 Å². The average Bonchev–Trinajstić information content (AvgIpc) is 3.25. The van der Waals surface area contributed by atoms with Crippen molar-refractivity contribution in [1.82, 2.24) is 25.0 Å². The van der Waals surface area contributed by atoms with Gasteiger partial charge in [0.15, 0.2) is 0 Å². The first-order chi connectivity index (χ1) is 13.4. The molecule has 1 aromatic carbocycles. The van der Waals surface area contributed by atoms with E-state index in [-0.39, 0.29) is 42.0 Å². The van der Waals surface area contributed by atoms with Crippen LogP contribution in [0.15, 0.2) is 30.7 Å². The summed E-state index contributed by atoms with van der Waals surface area (Å²) in [4.78, 5) is 12.8. The van der Waals surface area contributed by atoms with Crippen LogP contribution in [0.5, 0.6) is 0 Å². The Morgan fingerprint density at radius 2 is 2.07 bits per heavy atom. The molecule has 6 nitrogen and oxygen atoms in total. The number of rotatable bonds is 4. The van der Waals surface area contributed by atoms with Crippen LogP contribution in [0.4, 0.5) is 13.2 Å². The summed E-state index contributed by atoms with van der Waals surface area (Å²) in [6, 6.07) is 1.36. The van der Waals surface area contributed by atoms with Crippen molar-refractivity contribution in [3.8, 4) is 0 Å². The van der Waals surface area contributed by atoms with E-state index in [0.717, 1.165) is 17.7 Å².